The van der Waals surface area contributed by atoms with Crippen LogP contribution in [0, 0.1) is 11.8 Å². The highest BCUT2D eigenvalue weighted by Crippen LogP contribution is 2.50. The molecule has 1 saturated carbocycles. The zero-order chi connectivity index (χ0) is 18.9. The minimum absolute atomic E-state index is 0.0845. The SMILES string of the molecule is O=C(OC1C2C=CC(C2)C1c1ccccc1)c1ccc(-c2ccccc2)cc1. The summed E-state index contributed by atoms with van der Waals surface area (Å²) in [5.74, 6) is 0.809. The lowest BCUT2D eigenvalue weighted by atomic mass is 9.84. The normalized spacial score (nSPS) is 25.0. The van der Waals surface area contributed by atoms with Gasteiger partial charge in [0.1, 0.15) is 6.10 Å². The maximum Gasteiger partial charge on any atom is 0.338 e. The van der Waals surface area contributed by atoms with E-state index in [1.54, 1.807) is 0 Å². The highest BCUT2D eigenvalue weighted by Gasteiger charge is 2.47. The largest absolute Gasteiger partial charge is 0.457 e. The van der Waals surface area contributed by atoms with Crippen molar-refractivity contribution in [3.05, 3.63) is 108 Å². The van der Waals surface area contributed by atoms with Crippen LogP contribution in [0.3, 0.4) is 0 Å². The van der Waals surface area contributed by atoms with Gasteiger partial charge in [0.15, 0.2) is 0 Å². The van der Waals surface area contributed by atoms with Gasteiger partial charge in [0, 0.05) is 11.8 Å². The van der Waals surface area contributed by atoms with Gasteiger partial charge in [0.2, 0.25) is 0 Å². The van der Waals surface area contributed by atoms with Crippen LogP contribution in [-0.4, -0.2) is 12.1 Å². The number of hydrogen-bond acceptors (Lipinski definition) is 2. The minimum Gasteiger partial charge on any atom is -0.457 e. The lowest BCUT2D eigenvalue weighted by Gasteiger charge is -2.28. The van der Waals surface area contributed by atoms with Gasteiger partial charge in [-0.05, 0) is 41.2 Å². The van der Waals surface area contributed by atoms with Crippen molar-refractivity contribution in [2.45, 2.75) is 18.4 Å². The summed E-state index contributed by atoms with van der Waals surface area (Å²) in [6.45, 7) is 0. The van der Waals surface area contributed by atoms with E-state index in [0.717, 1.165) is 17.5 Å². The van der Waals surface area contributed by atoms with Crippen LogP contribution in [-0.2, 0) is 4.74 Å². The average Bonchev–Trinajstić information content (AvgIpc) is 3.37. The molecule has 4 atom stereocenters. The molecule has 28 heavy (non-hydrogen) atoms. The first-order chi connectivity index (χ1) is 13.8. The molecule has 0 N–H and O–H groups in total. The maximum absolute atomic E-state index is 12.9. The first-order valence-corrected chi connectivity index (χ1v) is 9.89. The number of ether oxygens (including phenoxy) is 1. The predicted molar refractivity (Wildman–Crippen MR) is 111 cm³/mol. The molecule has 5 rings (SSSR count). The maximum atomic E-state index is 12.9. The standard InChI is InChI=1S/C26H22O2/c27-26(21-13-11-19(12-14-21)18-7-3-1-4-8-18)28-25-23-16-15-22(17-23)24(25)20-9-5-2-6-10-20/h1-16,22-25H,17H2. The molecule has 2 nitrogen and oxygen atoms in total. The van der Waals surface area contributed by atoms with Gasteiger partial charge in [-0.15, -0.1) is 0 Å². The number of hydrogen-bond donors (Lipinski definition) is 0. The van der Waals surface area contributed by atoms with Crippen molar-refractivity contribution < 1.29 is 9.53 Å². The van der Waals surface area contributed by atoms with Crippen LogP contribution in [0.5, 0.6) is 0 Å². The number of fused-ring (bicyclic) bond motifs is 2. The Balaban J connectivity index is 1.35. The molecule has 0 aromatic heterocycles. The van der Waals surface area contributed by atoms with Gasteiger partial charge in [-0.1, -0.05) is 84.9 Å². The van der Waals surface area contributed by atoms with E-state index in [2.05, 4.69) is 48.6 Å². The molecule has 0 heterocycles. The Bertz CT molecular complexity index is 990. The second kappa shape index (κ2) is 7.12. The van der Waals surface area contributed by atoms with Gasteiger partial charge in [0.25, 0.3) is 0 Å². The molecule has 0 aliphatic heterocycles. The quantitative estimate of drug-likeness (QED) is 0.426. The number of carbonyl (C=O) groups excluding carboxylic acids is 1. The van der Waals surface area contributed by atoms with Gasteiger partial charge >= 0.3 is 5.97 Å². The monoisotopic (exact) mass is 366 g/mol. The lowest BCUT2D eigenvalue weighted by Crippen LogP contribution is -2.29. The van der Waals surface area contributed by atoms with Crippen LogP contribution in [0.1, 0.15) is 28.3 Å². The van der Waals surface area contributed by atoms with Crippen LogP contribution in [0.25, 0.3) is 11.1 Å². The highest BCUT2D eigenvalue weighted by molar-refractivity contribution is 5.90. The fourth-order valence-electron chi connectivity index (χ4n) is 4.67. The predicted octanol–water partition coefficient (Wildman–Crippen LogP) is 5.87. The molecule has 2 aliphatic rings. The molecular weight excluding hydrogens is 344 g/mol. The summed E-state index contributed by atoms with van der Waals surface area (Å²) in [4.78, 5) is 12.9. The summed E-state index contributed by atoms with van der Waals surface area (Å²) in [7, 11) is 0. The van der Waals surface area contributed by atoms with E-state index in [4.69, 9.17) is 4.74 Å². The Morgan fingerprint density at radius 3 is 2.04 bits per heavy atom. The summed E-state index contributed by atoms with van der Waals surface area (Å²) < 4.78 is 6.05. The summed E-state index contributed by atoms with van der Waals surface area (Å²) in [5.41, 5.74) is 4.11. The number of benzene rings is 3. The summed E-state index contributed by atoms with van der Waals surface area (Å²) >= 11 is 0. The molecule has 3 aromatic rings. The smallest absolute Gasteiger partial charge is 0.338 e. The van der Waals surface area contributed by atoms with Crippen molar-refractivity contribution in [3.63, 3.8) is 0 Å². The van der Waals surface area contributed by atoms with E-state index < -0.39 is 0 Å². The second-order valence-electron chi connectivity index (χ2n) is 7.70. The van der Waals surface area contributed by atoms with Crippen molar-refractivity contribution >= 4 is 5.97 Å². The van der Waals surface area contributed by atoms with E-state index in [1.807, 2.05) is 48.5 Å². The molecule has 138 valence electrons. The molecule has 3 aromatic carbocycles. The van der Waals surface area contributed by atoms with Crippen molar-refractivity contribution in [2.75, 3.05) is 0 Å². The van der Waals surface area contributed by atoms with Crippen molar-refractivity contribution in [1.82, 2.24) is 0 Å². The average molecular weight is 366 g/mol. The van der Waals surface area contributed by atoms with Gasteiger partial charge in [-0.2, -0.15) is 0 Å². The second-order valence-corrected chi connectivity index (χ2v) is 7.70. The van der Waals surface area contributed by atoms with Crippen LogP contribution in [0.2, 0.25) is 0 Å². The van der Waals surface area contributed by atoms with Crippen molar-refractivity contribution in [3.8, 4) is 11.1 Å². The molecule has 2 bridgehead atoms. The van der Waals surface area contributed by atoms with E-state index >= 15 is 0 Å². The summed E-state index contributed by atoms with van der Waals surface area (Å²) in [5, 5.41) is 0. The Labute approximate surface area is 165 Å². The molecule has 4 unspecified atom stereocenters. The Morgan fingerprint density at radius 2 is 1.32 bits per heavy atom. The van der Waals surface area contributed by atoms with E-state index in [9.17, 15) is 4.79 Å². The first-order valence-electron chi connectivity index (χ1n) is 9.89. The molecular formula is C26H22O2. The lowest BCUT2D eigenvalue weighted by molar-refractivity contribution is 0.0191. The third-order valence-electron chi connectivity index (χ3n) is 6.04. The third kappa shape index (κ3) is 3.05. The molecule has 2 heteroatoms. The van der Waals surface area contributed by atoms with Crippen LogP contribution in [0.4, 0.5) is 0 Å². The zero-order valence-corrected chi connectivity index (χ0v) is 15.6. The fourth-order valence-corrected chi connectivity index (χ4v) is 4.67. The van der Waals surface area contributed by atoms with Crippen molar-refractivity contribution in [1.29, 1.82) is 0 Å². The zero-order valence-electron chi connectivity index (χ0n) is 15.6. The number of allylic oxidation sites excluding steroid dienone is 1. The van der Waals surface area contributed by atoms with Crippen LogP contribution >= 0.6 is 0 Å². The third-order valence-corrected chi connectivity index (χ3v) is 6.04. The van der Waals surface area contributed by atoms with Gasteiger partial charge in [-0.25, -0.2) is 4.79 Å². The molecule has 0 saturated heterocycles. The first kappa shape index (κ1) is 17.0. The fraction of sp³-hybridized carbons (Fsp3) is 0.192. The minimum atomic E-state index is -0.230. The molecule has 2 aliphatic carbocycles. The Hall–Kier alpha value is -3.13. The molecule has 0 spiro atoms. The summed E-state index contributed by atoms with van der Waals surface area (Å²) in [6.07, 6.45) is 5.51. The Kier molecular flexibility index (Phi) is 4.32. The summed E-state index contributed by atoms with van der Waals surface area (Å²) in [6, 6.07) is 28.3. The number of esters is 1. The number of rotatable bonds is 4. The van der Waals surface area contributed by atoms with Gasteiger partial charge < -0.3 is 4.74 Å². The van der Waals surface area contributed by atoms with Crippen LogP contribution in [0.15, 0.2) is 97.1 Å². The van der Waals surface area contributed by atoms with E-state index in [0.29, 0.717) is 17.4 Å². The van der Waals surface area contributed by atoms with E-state index in [1.165, 1.54) is 5.56 Å². The molecule has 0 radical (unpaired) electrons. The topological polar surface area (TPSA) is 26.3 Å². The van der Waals surface area contributed by atoms with Crippen molar-refractivity contribution in [2.24, 2.45) is 11.8 Å². The highest BCUT2D eigenvalue weighted by atomic mass is 16.5. The van der Waals surface area contributed by atoms with Gasteiger partial charge in [0.05, 0.1) is 5.56 Å². The Morgan fingerprint density at radius 1 is 0.714 bits per heavy atom. The van der Waals surface area contributed by atoms with Gasteiger partial charge in [-0.3, -0.25) is 0 Å². The van der Waals surface area contributed by atoms with E-state index in [-0.39, 0.29) is 18.0 Å². The molecule has 1 fully saturated rings. The molecule has 0 amide bonds. The van der Waals surface area contributed by atoms with Crippen LogP contribution < -0.4 is 0 Å². The number of carbonyl (C=O) groups is 1.